The predicted octanol–water partition coefficient (Wildman–Crippen LogP) is 13.4. The summed E-state index contributed by atoms with van der Waals surface area (Å²) < 4.78 is 5.31. The number of rotatable bonds is 3. The molecule has 0 atom stereocenters. The van der Waals surface area contributed by atoms with E-state index in [1.54, 1.807) is 0 Å². The van der Waals surface area contributed by atoms with Crippen molar-refractivity contribution in [3.63, 3.8) is 0 Å². The maximum absolute atomic E-state index is 2.45. The van der Waals surface area contributed by atoms with Crippen molar-refractivity contribution in [2.24, 2.45) is 0 Å². The molecule has 10 rings (SSSR count). The number of hydrogen-bond donors (Lipinski definition) is 0. The molecule has 0 amide bonds. The van der Waals surface area contributed by atoms with Crippen LogP contribution in [0, 0.1) is 0 Å². The first-order valence-electron chi connectivity index (χ1n) is 15.8. The molecule has 2 heterocycles. The quantitative estimate of drug-likeness (QED) is 0.189. The summed E-state index contributed by atoms with van der Waals surface area (Å²) in [6.07, 6.45) is 0. The molecule has 0 radical (unpaired) electrons. The summed E-state index contributed by atoms with van der Waals surface area (Å²) in [7, 11) is 0. The van der Waals surface area contributed by atoms with Crippen molar-refractivity contribution in [3.05, 3.63) is 151 Å². The van der Waals surface area contributed by atoms with Crippen molar-refractivity contribution in [2.75, 3.05) is 4.90 Å². The van der Waals surface area contributed by atoms with Crippen LogP contribution in [-0.4, -0.2) is 0 Å². The van der Waals surface area contributed by atoms with Gasteiger partial charge in [0.15, 0.2) is 0 Å². The van der Waals surface area contributed by atoms with E-state index in [-0.39, 0.29) is 5.41 Å². The van der Waals surface area contributed by atoms with E-state index in [4.69, 9.17) is 0 Å². The number of anilines is 3. The molecule has 0 fully saturated rings. The molecule has 0 saturated carbocycles. The second kappa shape index (κ2) is 9.53. The van der Waals surface area contributed by atoms with Gasteiger partial charge in [0.1, 0.15) is 0 Å². The number of benzene rings is 7. The lowest BCUT2D eigenvalue weighted by molar-refractivity contribution is 0.660. The SMILES string of the molecule is CC1(C)c2ccccc2-c2cc(N(c3ccc4cc5c(cc4c3)sc3ccccc35)c3ccc4c(c3)sc3ccccc34)ccc21. The van der Waals surface area contributed by atoms with Crippen LogP contribution in [-0.2, 0) is 5.41 Å². The topological polar surface area (TPSA) is 3.24 Å². The first-order chi connectivity index (χ1) is 22.5. The van der Waals surface area contributed by atoms with Crippen LogP contribution in [0.1, 0.15) is 25.0 Å². The molecular weight excluding hydrogens is 595 g/mol. The van der Waals surface area contributed by atoms with Gasteiger partial charge in [-0.15, -0.1) is 22.7 Å². The molecule has 0 aliphatic heterocycles. The fraction of sp³-hybridized carbons (Fsp3) is 0.0698. The third-order valence-electron chi connectivity index (χ3n) is 10.0. The highest BCUT2D eigenvalue weighted by Crippen LogP contribution is 2.51. The summed E-state index contributed by atoms with van der Waals surface area (Å²) in [5.74, 6) is 0. The number of nitrogens with zero attached hydrogens (tertiary/aromatic N) is 1. The second-order valence-corrected chi connectivity index (χ2v) is 15.2. The summed E-state index contributed by atoms with van der Waals surface area (Å²) in [5.41, 5.74) is 8.96. The Morgan fingerprint density at radius 3 is 1.83 bits per heavy atom. The lowest BCUT2D eigenvalue weighted by atomic mass is 9.82. The molecule has 218 valence electrons. The average Bonchev–Trinajstić information content (AvgIpc) is 3.71. The van der Waals surface area contributed by atoms with Crippen molar-refractivity contribution < 1.29 is 0 Å². The van der Waals surface area contributed by atoms with Crippen molar-refractivity contribution >= 4 is 90.9 Å². The van der Waals surface area contributed by atoms with E-state index in [0.717, 1.165) is 0 Å². The molecule has 1 nitrogen and oxygen atoms in total. The second-order valence-electron chi connectivity index (χ2n) is 13.0. The molecule has 1 aliphatic carbocycles. The zero-order valence-electron chi connectivity index (χ0n) is 25.5. The molecule has 0 unspecified atom stereocenters. The summed E-state index contributed by atoms with van der Waals surface area (Å²) in [6.45, 7) is 4.70. The van der Waals surface area contributed by atoms with Gasteiger partial charge in [-0.1, -0.05) is 92.7 Å². The van der Waals surface area contributed by atoms with E-state index in [1.165, 1.54) is 90.4 Å². The monoisotopic (exact) mass is 623 g/mol. The zero-order chi connectivity index (χ0) is 30.6. The highest BCUT2D eigenvalue weighted by molar-refractivity contribution is 7.26. The molecule has 46 heavy (non-hydrogen) atoms. The molecule has 2 aromatic heterocycles. The highest BCUT2D eigenvalue weighted by atomic mass is 32.1. The van der Waals surface area contributed by atoms with Gasteiger partial charge in [0, 0.05) is 62.8 Å². The van der Waals surface area contributed by atoms with Crippen LogP contribution in [0.15, 0.2) is 140 Å². The molecule has 1 aliphatic rings. The van der Waals surface area contributed by atoms with E-state index in [1.807, 2.05) is 22.7 Å². The van der Waals surface area contributed by atoms with Crippen LogP contribution in [0.5, 0.6) is 0 Å². The zero-order valence-corrected chi connectivity index (χ0v) is 27.2. The van der Waals surface area contributed by atoms with Gasteiger partial charge < -0.3 is 4.90 Å². The molecule has 9 aromatic rings. The lowest BCUT2D eigenvalue weighted by Crippen LogP contribution is -2.15. The van der Waals surface area contributed by atoms with E-state index in [9.17, 15) is 0 Å². The van der Waals surface area contributed by atoms with Crippen LogP contribution in [0.2, 0.25) is 0 Å². The van der Waals surface area contributed by atoms with Crippen LogP contribution in [0.25, 0.3) is 62.2 Å². The largest absolute Gasteiger partial charge is 0.310 e. The van der Waals surface area contributed by atoms with Crippen molar-refractivity contribution in [1.82, 2.24) is 0 Å². The fourth-order valence-electron chi connectivity index (χ4n) is 7.74. The van der Waals surface area contributed by atoms with Crippen LogP contribution >= 0.6 is 22.7 Å². The minimum absolute atomic E-state index is 0.0240. The lowest BCUT2D eigenvalue weighted by Gasteiger charge is -2.27. The maximum atomic E-state index is 2.45. The maximum Gasteiger partial charge on any atom is 0.0476 e. The first-order valence-corrected chi connectivity index (χ1v) is 17.5. The Morgan fingerprint density at radius 2 is 1.00 bits per heavy atom. The van der Waals surface area contributed by atoms with Gasteiger partial charge in [-0.05, 0) is 93.7 Å². The van der Waals surface area contributed by atoms with Crippen molar-refractivity contribution in [3.8, 4) is 11.1 Å². The van der Waals surface area contributed by atoms with E-state index < -0.39 is 0 Å². The van der Waals surface area contributed by atoms with Gasteiger partial charge in [-0.3, -0.25) is 0 Å². The number of hydrogen-bond acceptors (Lipinski definition) is 3. The van der Waals surface area contributed by atoms with Gasteiger partial charge in [0.25, 0.3) is 0 Å². The molecule has 0 bridgehead atoms. The van der Waals surface area contributed by atoms with Crippen LogP contribution < -0.4 is 4.90 Å². The summed E-state index contributed by atoms with van der Waals surface area (Å²) >= 11 is 3.76. The van der Waals surface area contributed by atoms with E-state index in [2.05, 4.69) is 158 Å². The third-order valence-corrected chi connectivity index (χ3v) is 12.3. The molecule has 0 N–H and O–H groups in total. The Kier molecular flexibility index (Phi) is 5.44. The van der Waals surface area contributed by atoms with Gasteiger partial charge in [0.2, 0.25) is 0 Å². The molecule has 3 heteroatoms. The van der Waals surface area contributed by atoms with Gasteiger partial charge >= 0.3 is 0 Å². The Hall–Kier alpha value is -4.96. The smallest absolute Gasteiger partial charge is 0.0476 e. The standard InChI is InChI=1S/C43H29NS2/c1-43(2)37-12-6-3-9-31(37)35-24-29(18-20-38(35)43)44(30-17-19-34-32-10-4-7-13-39(32)46-42(34)25-30)28-16-15-26-22-36-33-11-5-8-14-40(33)45-41(36)23-27(26)21-28/h3-25H,1-2H3. The van der Waals surface area contributed by atoms with Gasteiger partial charge in [-0.2, -0.15) is 0 Å². The predicted molar refractivity (Wildman–Crippen MR) is 202 cm³/mol. The Labute approximate surface area is 275 Å². The van der Waals surface area contributed by atoms with Crippen molar-refractivity contribution in [1.29, 1.82) is 0 Å². The van der Waals surface area contributed by atoms with Crippen LogP contribution in [0.3, 0.4) is 0 Å². The Bertz CT molecular complexity index is 2690. The average molecular weight is 624 g/mol. The van der Waals surface area contributed by atoms with Crippen molar-refractivity contribution in [2.45, 2.75) is 19.3 Å². The highest BCUT2D eigenvalue weighted by Gasteiger charge is 2.35. The first kappa shape index (κ1) is 26.3. The molecular formula is C43H29NS2. The van der Waals surface area contributed by atoms with E-state index in [0.29, 0.717) is 0 Å². The number of thiophene rings is 2. The molecule has 0 saturated heterocycles. The summed E-state index contributed by atoms with van der Waals surface area (Å²) in [6, 6.07) is 52.2. The van der Waals surface area contributed by atoms with E-state index >= 15 is 0 Å². The third kappa shape index (κ3) is 3.73. The van der Waals surface area contributed by atoms with Gasteiger partial charge in [0.05, 0.1) is 0 Å². The summed E-state index contributed by atoms with van der Waals surface area (Å²) in [4.78, 5) is 2.45. The Balaban J connectivity index is 1.20. The summed E-state index contributed by atoms with van der Waals surface area (Å²) in [5, 5.41) is 7.86. The number of fused-ring (bicyclic) bond motifs is 10. The minimum atomic E-state index is -0.0240. The molecule has 0 spiro atoms. The van der Waals surface area contributed by atoms with Gasteiger partial charge in [-0.25, -0.2) is 0 Å². The normalized spacial score (nSPS) is 13.6. The van der Waals surface area contributed by atoms with Crippen LogP contribution in [0.4, 0.5) is 17.1 Å². The minimum Gasteiger partial charge on any atom is -0.310 e. The Morgan fingerprint density at radius 1 is 0.413 bits per heavy atom. The fourth-order valence-corrected chi connectivity index (χ4v) is 10.0. The molecule has 7 aromatic carbocycles.